The van der Waals surface area contributed by atoms with E-state index in [4.69, 9.17) is 0 Å². The van der Waals surface area contributed by atoms with Crippen molar-refractivity contribution in [3.8, 4) is 0 Å². The largest absolute Gasteiger partial charge is 0.453 e. The molecule has 0 bridgehead atoms. The Morgan fingerprint density at radius 1 is 1.40 bits per heavy atom. The molecule has 0 aromatic heterocycles. The first kappa shape index (κ1) is 11.6. The first-order valence-corrected chi connectivity index (χ1v) is 4.96. The summed E-state index contributed by atoms with van der Waals surface area (Å²) >= 11 is 0. The summed E-state index contributed by atoms with van der Waals surface area (Å²) in [5.41, 5.74) is 3.52. The monoisotopic (exact) mass is 207 g/mol. The summed E-state index contributed by atoms with van der Waals surface area (Å²) in [5.74, 6) is 0. The number of benzene rings is 1. The number of amides is 1. The first-order chi connectivity index (χ1) is 7.04. The van der Waals surface area contributed by atoms with Crippen LogP contribution in [0.4, 0.5) is 4.79 Å². The lowest BCUT2D eigenvalue weighted by Crippen LogP contribution is -2.26. The first-order valence-electron chi connectivity index (χ1n) is 4.96. The minimum Gasteiger partial charge on any atom is -0.453 e. The van der Waals surface area contributed by atoms with Crippen LogP contribution in [0.2, 0.25) is 0 Å². The third kappa shape index (κ3) is 2.98. The summed E-state index contributed by atoms with van der Waals surface area (Å²) in [4.78, 5) is 11.0. The second kappa shape index (κ2) is 4.82. The Balaban J connectivity index is 2.82. The van der Waals surface area contributed by atoms with Gasteiger partial charge < -0.3 is 10.1 Å². The van der Waals surface area contributed by atoms with Crippen LogP contribution in [0.25, 0.3) is 0 Å². The zero-order valence-electron chi connectivity index (χ0n) is 9.63. The highest BCUT2D eigenvalue weighted by molar-refractivity contribution is 5.67. The van der Waals surface area contributed by atoms with Gasteiger partial charge in [-0.05, 0) is 31.9 Å². The van der Waals surface area contributed by atoms with E-state index in [1.54, 1.807) is 0 Å². The number of hydrogen-bond acceptors (Lipinski definition) is 2. The molecular formula is C12H17NO2. The number of rotatable bonds is 2. The van der Waals surface area contributed by atoms with E-state index in [1.165, 1.54) is 18.2 Å². The number of methoxy groups -OCH3 is 1. The highest BCUT2D eigenvalue weighted by Gasteiger charge is 2.11. The number of hydrogen-bond donors (Lipinski definition) is 1. The second-order valence-electron chi connectivity index (χ2n) is 3.72. The zero-order valence-corrected chi connectivity index (χ0v) is 9.63. The molecule has 0 unspecified atom stereocenters. The van der Waals surface area contributed by atoms with Gasteiger partial charge in [0.05, 0.1) is 13.2 Å². The number of carbonyl (C=O) groups is 1. The van der Waals surface area contributed by atoms with Crippen LogP contribution in [-0.4, -0.2) is 13.2 Å². The number of alkyl carbamates (subject to hydrolysis) is 1. The molecule has 0 aliphatic rings. The van der Waals surface area contributed by atoms with Gasteiger partial charge >= 0.3 is 6.09 Å². The van der Waals surface area contributed by atoms with Crippen molar-refractivity contribution in [3.05, 3.63) is 34.9 Å². The van der Waals surface area contributed by atoms with E-state index >= 15 is 0 Å². The molecule has 82 valence electrons. The van der Waals surface area contributed by atoms with Gasteiger partial charge in [-0.2, -0.15) is 0 Å². The Morgan fingerprint density at radius 3 is 2.60 bits per heavy atom. The van der Waals surface area contributed by atoms with Gasteiger partial charge in [0, 0.05) is 0 Å². The molecule has 15 heavy (non-hydrogen) atoms. The highest BCUT2D eigenvalue weighted by Crippen LogP contribution is 2.18. The molecule has 0 fully saturated rings. The van der Waals surface area contributed by atoms with Gasteiger partial charge in [0.1, 0.15) is 0 Å². The predicted molar refractivity (Wildman–Crippen MR) is 59.9 cm³/mol. The third-order valence-electron chi connectivity index (χ3n) is 2.41. The van der Waals surface area contributed by atoms with Crippen molar-refractivity contribution in [2.45, 2.75) is 26.8 Å². The predicted octanol–water partition coefficient (Wildman–Crippen LogP) is 2.72. The molecule has 0 aliphatic carbocycles. The molecule has 1 atom stereocenters. The van der Waals surface area contributed by atoms with E-state index in [0.29, 0.717) is 0 Å². The minimum atomic E-state index is -0.400. The summed E-state index contributed by atoms with van der Waals surface area (Å²) in [6.45, 7) is 6.03. The van der Waals surface area contributed by atoms with Crippen molar-refractivity contribution < 1.29 is 9.53 Å². The van der Waals surface area contributed by atoms with Crippen molar-refractivity contribution in [2.24, 2.45) is 0 Å². The number of aryl methyl sites for hydroxylation is 2. The molecule has 1 rings (SSSR count). The lowest BCUT2D eigenvalue weighted by molar-refractivity contribution is 0.167. The molecule has 0 spiro atoms. The van der Waals surface area contributed by atoms with Crippen LogP contribution in [0.5, 0.6) is 0 Å². The topological polar surface area (TPSA) is 38.3 Å². The maximum absolute atomic E-state index is 11.0. The maximum atomic E-state index is 11.0. The van der Waals surface area contributed by atoms with Gasteiger partial charge in [0.15, 0.2) is 0 Å². The summed E-state index contributed by atoms with van der Waals surface area (Å²) in [6, 6.07) is 6.14. The fourth-order valence-corrected chi connectivity index (χ4v) is 1.62. The summed E-state index contributed by atoms with van der Waals surface area (Å²) in [5, 5.41) is 2.74. The molecule has 1 aromatic rings. The molecule has 1 amide bonds. The molecular weight excluding hydrogens is 190 g/mol. The molecule has 3 nitrogen and oxygen atoms in total. The van der Waals surface area contributed by atoms with Crippen LogP contribution in [0.1, 0.15) is 29.7 Å². The molecule has 0 saturated carbocycles. The van der Waals surface area contributed by atoms with Gasteiger partial charge in [0.2, 0.25) is 0 Å². The average molecular weight is 207 g/mol. The van der Waals surface area contributed by atoms with Gasteiger partial charge in [-0.25, -0.2) is 4.79 Å². The van der Waals surface area contributed by atoms with Crippen LogP contribution < -0.4 is 5.32 Å². The Labute approximate surface area is 90.4 Å². The van der Waals surface area contributed by atoms with Crippen LogP contribution >= 0.6 is 0 Å². The standard InChI is InChI=1S/C12H17NO2/c1-8-5-6-11(9(2)7-8)10(3)13-12(14)15-4/h5-7,10H,1-4H3,(H,13,14)/t10-/m1/s1. The zero-order chi connectivity index (χ0) is 11.4. The molecule has 1 aromatic carbocycles. The van der Waals surface area contributed by atoms with E-state index < -0.39 is 6.09 Å². The molecule has 1 N–H and O–H groups in total. The lowest BCUT2D eigenvalue weighted by Gasteiger charge is -2.16. The fourth-order valence-electron chi connectivity index (χ4n) is 1.62. The number of carbonyl (C=O) groups excluding carboxylic acids is 1. The van der Waals surface area contributed by atoms with Crippen LogP contribution in [-0.2, 0) is 4.74 Å². The Kier molecular flexibility index (Phi) is 3.72. The van der Waals surface area contributed by atoms with E-state index in [0.717, 1.165) is 5.56 Å². The van der Waals surface area contributed by atoms with Crippen molar-refractivity contribution in [1.82, 2.24) is 5.32 Å². The van der Waals surface area contributed by atoms with Gasteiger partial charge in [0.25, 0.3) is 0 Å². The SMILES string of the molecule is COC(=O)N[C@H](C)c1ccc(C)cc1C. The van der Waals surface area contributed by atoms with Crippen molar-refractivity contribution in [3.63, 3.8) is 0 Å². The molecule has 0 saturated heterocycles. The summed E-state index contributed by atoms with van der Waals surface area (Å²) in [6.07, 6.45) is -0.400. The fraction of sp³-hybridized carbons (Fsp3) is 0.417. The van der Waals surface area contributed by atoms with E-state index in [9.17, 15) is 4.79 Å². The van der Waals surface area contributed by atoms with Crippen LogP contribution in [0.3, 0.4) is 0 Å². The van der Waals surface area contributed by atoms with Crippen molar-refractivity contribution in [2.75, 3.05) is 7.11 Å². The minimum absolute atomic E-state index is 0.0296. The van der Waals surface area contributed by atoms with Crippen molar-refractivity contribution >= 4 is 6.09 Å². The second-order valence-corrected chi connectivity index (χ2v) is 3.72. The Hall–Kier alpha value is -1.51. The Morgan fingerprint density at radius 2 is 2.07 bits per heavy atom. The summed E-state index contributed by atoms with van der Waals surface area (Å²) < 4.78 is 4.56. The lowest BCUT2D eigenvalue weighted by atomic mass is 10.0. The van der Waals surface area contributed by atoms with Gasteiger partial charge in [-0.3, -0.25) is 0 Å². The molecule has 3 heteroatoms. The van der Waals surface area contributed by atoms with E-state index in [1.807, 2.05) is 26.0 Å². The quantitative estimate of drug-likeness (QED) is 0.809. The maximum Gasteiger partial charge on any atom is 0.407 e. The van der Waals surface area contributed by atoms with Crippen LogP contribution in [0, 0.1) is 13.8 Å². The van der Waals surface area contributed by atoms with Gasteiger partial charge in [-0.1, -0.05) is 23.8 Å². The molecule has 0 aliphatic heterocycles. The smallest absolute Gasteiger partial charge is 0.407 e. The van der Waals surface area contributed by atoms with E-state index in [-0.39, 0.29) is 6.04 Å². The highest BCUT2D eigenvalue weighted by atomic mass is 16.5. The Bertz CT molecular complexity index is 361. The van der Waals surface area contributed by atoms with Crippen LogP contribution in [0.15, 0.2) is 18.2 Å². The van der Waals surface area contributed by atoms with E-state index in [2.05, 4.69) is 23.0 Å². The number of ether oxygens (including phenoxy) is 1. The third-order valence-corrected chi connectivity index (χ3v) is 2.41. The van der Waals surface area contributed by atoms with Crippen molar-refractivity contribution in [1.29, 1.82) is 0 Å². The average Bonchev–Trinajstić information content (AvgIpc) is 2.17. The molecule has 0 heterocycles. The normalized spacial score (nSPS) is 12.0. The number of nitrogens with one attached hydrogen (secondary N) is 1. The van der Waals surface area contributed by atoms with Gasteiger partial charge in [-0.15, -0.1) is 0 Å². The molecule has 0 radical (unpaired) electrons. The summed E-state index contributed by atoms with van der Waals surface area (Å²) in [7, 11) is 1.37.